The van der Waals surface area contributed by atoms with Crippen LogP contribution in [0, 0.1) is 6.92 Å². The Morgan fingerprint density at radius 2 is 1.78 bits per heavy atom. The molecule has 0 aliphatic carbocycles. The second-order valence-corrected chi connectivity index (χ2v) is 7.74. The van der Waals surface area contributed by atoms with Crippen LogP contribution in [0.5, 0.6) is 0 Å². The SMILES string of the molecule is Cc1c(-c2cnnn2-c2ccc(Cl)cc2)nc(C(=O)OC(N)=O)c(=O)n1-c1cccc(C(F)(F)F)c1. The van der Waals surface area contributed by atoms with Crippen molar-refractivity contribution in [3.63, 3.8) is 0 Å². The predicted molar refractivity (Wildman–Crippen MR) is 120 cm³/mol. The van der Waals surface area contributed by atoms with E-state index in [2.05, 4.69) is 20.0 Å². The van der Waals surface area contributed by atoms with Crippen LogP contribution in [-0.4, -0.2) is 36.6 Å². The number of benzene rings is 2. The molecule has 4 aromatic rings. The van der Waals surface area contributed by atoms with Crippen molar-refractivity contribution in [3.05, 3.63) is 87.1 Å². The Kier molecular flexibility index (Phi) is 6.33. The summed E-state index contributed by atoms with van der Waals surface area (Å²) in [6, 6.07) is 10.3. The fourth-order valence-corrected chi connectivity index (χ4v) is 3.55. The number of aromatic nitrogens is 5. The summed E-state index contributed by atoms with van der Waals surface area (Å²) in [5.41, 5.74) is 2.27. The summed E-state index contributed by atoms with van der Waals surface area (Å²) >= 11 is 5.94. The van der Waals surface area contributed by atoms with E-state index in [-0.39, 0.29) is 22.8 Å². The average Bonchev–Trinajstić information content (AvgIpc) is 3.28. The van der Waals surface area contributed by atoms with Crippen LogP contribution in [0.2, 0.25) is 5.02 Å². The van der Waals surface area contributed by atoms with Crippen molar-refractivity contribution in [1.82, 2.24) is 24.5 Å². The van der Waals surface area contributed by atoms with Crippen molar-refractivity contribution in [2.75, 3.05) is 0 Å². The quantitative estimate of drug-likeness (QED) is 0.321. The summed E-state index contributed by atoms with van der Waals surface area (Å²) in [5.74, 6) is -1.49. The summed E-state index contributed by atoms with van der Waals surface area (Å²) in [5, 5.41) is 8.28. The van der Waals surface area contributed by atoms with Gasteiger partial charge in [-0.2, -0.15) is 13.2 Å². The third kappa shape index (κ3) is 4.68. The molecule has 0 aliphatic rings. The van der Waals surface area contributed by atoms with Gasteiger partial charge in [0.05, 0.1) is 23.1 Å². The molecule has 0 fully saturated rings. The maximum atomic E-state index is 13.4. The van der Waals surface area contributed by atoms with E-state index in [0.717, 1.165) is 22.8 Å². The van der Waals surface area contributed by atoms with E-state index in [9.17, 15) is 27.6 Å². The number of nitrogens with two attached hydrogens (primary N) is 1. The molecule has 0 spiro atoms. The lowest BCUT2D eigenvalue weighted by molar-refractivity contribution is -0.137. The first-order valence-corrected chi connectivity index (χ1v) is 10.3. The fourth-order valence-electron chi connectivity index (χ4n) is 3.42. The van der Waals surface area contributed by atoms with E-state index >= 15 is 0 Å². The molecule has 14 heteroatoms. The van der Waals surface area contributed by atoms with Crippen LogP contribution in [-0.2, 0) is 10.9 Å². The number of hydrogen-bond donors (Lipinski definition) is 1. The van der Waals surface area contributed by atoms with Crippen LogP contribution >= 0.6 is 11.6 Å². The molecule has 1 amide bonds. The van der Waals surface area contributed by atoms with E-state index < -0.39 is 35.1 Å². The molecule has 0 radical (unpaired) electrons. The van der Waals surface area contributed by atoms with E-state index in [1.807, 2.05) is 0 Å². The fraction of sp³-hybridized carbons (Fsp3) is 0.0909. The number of nitrogens with zero attached hydrogens (tertiary/aromatic N) is 5. The van der Waals surface area contributed by atoms with Gasteiger partial charge in [-0.05, 0) is 49.4 Å². The average molecular weight is 519 g/mol. The van der Waals surface area contributed by atoms with Crippen LogP contribution in [0.4, 0.5) is 18.0 Å². The largest absolute Gasteiger partial charge is 0.416 e. The minimum absolute atomic E-state index is 0.0486. The molecule has 2 aromatic heterocycles. The van der Waals surface area contributed by atoms with Crippen molar-refractivity contribution >= 4 is 23.7 Å². The molecule has 4 rings (SSSR count). The number of rotatable bonds is 4. The highest BCUT2D eigenvalue weighted by molar-refractivity contribution is 6.30. The van der Waals surface area contributed by atoms with Gasteiger partial charge in [-0.1, -0.05) is 22.9 Å². The van der Waals surface area contributed by atoms with E-state index in [4.69, 9.17) is 17.3 Å². The lowest BCUT2D eigenvalue weighted by Gasteiger charge is -2.17. The summed E-state index contributed by atoms with van der Waals surface area (Å²) < 4.78 is 46.5. The predicted octanol–water partition coefficient (Wildman–Crippen LogP) is 3.70. The normalized spacial score (nSPS) is 11.4. The number of ether oxygens (including phenoxy) is 1. The second kappa shape index (κ2) is 9.26. The molecule has 0 saturated heterocycles. The minimum Gasteiger partial charge on any atom is -0.371 e. The second-order valence-electron chi connectivity index (χ2n) is 7.30. The molecule has 0 bridgehead atoms. The highest BCUT2D eigenvalue weighted by atomic mass is 35.5. The first kappa shape index (κ1) is 24.6. The van der Waals surface area contributed by atoms with Gasteiger partial charge >= 0.3 is 18.2 Å². The van der Waals surface area contributed by atoms with Crippen LogP contribution in [0.3, 0.4) is 0 Å². The van der Waals surface area contributed by atoms with Gasteiger partial charge in [-0.15, -0.1) is 5.10 Å². The van der Waals surface area contributed by atoms with Gasteiger partial charge in [-0.25, -0.2) is 19.3 Å². The zero-order valence-corrected chi connectivity index (χ0v) is 18.9. The maximum absolute atomic E-state index is 13.4. The number of halogens is 4. The molecule has 0 atom stereocenters. The van der Waals surface area contributed by atoms with Gasteiger partial charge in [0.2, 0.25) is 5.69 Å². The zero-order chi connectivity index (χ0) is 26.2. The van der Waals surface area contributed by atoms with Crippen LogP contribution in [0.15, 0.2) is 59.5 Å². The van der Waals surface area contributed by atoms with Crippen molar-refractivity contribution in [2.45, 2.75) is 13.1 Å². The van der Waals surface area contributed by atoms with Crippen molar-refractivity contribution in [2.24, 2.45) is 5.73 Å². The summed E-state index contributed by atoms with van der Waals surface area (Å²) in [6.07, 6.45) is -4.93. The van der Waals surface area contributed by atoms with Gasteiger partial charge in [0, 0.05) is 10.7 Å². The molecule has 2 N–H and O–H groups in total. The number of primary amides is 1. The summed E-state index contributed by atoms with van der Waals surface area (Å²) in [7, 11) is 0. The Morgan fingerprint density at radius 1 is 1.08 bits per heavy atom. The molecule has 184 valence electrons. The third-order valence-corrected chi connectivity index (χ3v) is 5.24. The number of alkyl halides is 3. The number of esters is 1. The molecular formula is C22H14ClF3N6O4. The standard InChI is InChI=1S/C22H14ClF3N6O4/c1-11-17(16-10-28-30-32(16)14-7-5-13(23)6-8-14)29-18(20(34)36-21(27)35)19(33)31(11)15-4-2-3-12(9-15)22(24,25)26/h2-10H,1H3,(H2,27,35). The zero-order valence-electron chi connectivity index (χ0n) is 18.2. The molecule has 36 heavy (non-hydrogen) atoms. The van der Waals surface area contributed by atoms with Crippen molar-refractivity contribution in [1.29, 1.82) is 0 Å². The topological polar surface area (TPSA) is 135 Å². The number of carbonyl (C=O) groups is 2. The molecule has 0 unspecified atom stereocenters. The van der Waals surface area contributed by atoms with Gasteiger partial charge in [0.25, 0.3) is 5.56 Å². The van der Waals surface area contributed by atoms with Gasteiger partial charge in [-0.3, -0.25) is 9.36 Å². The number of carbonyl (C=O) groups excluding carboxylic acids is 2. The monoisotopic (exact) mass is 518 g/mol. The molecular weight excluding hydrogens is 505 g/mol. The van der Waals surface area contributed by atoms with E-state index in [1.54, 1.807) is 24.3 Å². The van der Waals surface area contributed by atoms with Crippen molar-refractivity contribution in [3.8, 4) is 22.8 Å². The first-order chi connectivity index (χ1) is 17.0. The van der Waals surface area contributed by atoms with Crippen molar-refractivity contribution < 1.29 is 27.5 Å². The molecule has 0 aliphatic heterocycles. The van der Waals surface area contributed by atoms with E-state index in [1.165, 1.54) is 23.9 Å². The Bertz CT molecular complexity index is 1550. The van der Waals surface area contributed by atoms with Crippen LogP contribution in [0.1, 0.15) is 21.7 Å². The Labute approximate surface area is 204 Å². The van der Waals surface area contributed by atoms with Crippen LogP contribution < -0.4 is 11.3 Å². The van der Waals surface area contributed by atoms with Gasteiger partial charge in [0.15, 0.2) is 0 Å². The number of amides is 1. The molecule has 0 saturated carbocycles. The first-order valence-electron chi connectivity index (χ1n) is 9.97. The highest BCUT2D eigenvalue weighted by Crippen LogP contribution is 2.31. The Morgan fingerprint density at radius 3 is 2.42 bits per heavy atom. The Hall–Kier alpha value is -4.52. The highest BCUT2D eigenvalue weighted by Gasteiger charge is 2.31. The Balaban J connectivity index is 2.01. The molecule has 10 nitrogen and oxygen atoms in total. The minimum atomic E-state index is -4.70. The summed E-state index contributed by atoms with van der Waals surface area (Å²) in [4.78, 5) is 40.9. The lowest BCUT2D eigenvalue weighted by atomic mass is 10.1. The van der Waals surface area contributed by atoms with Gasteiger partial charge < -0.3 is 10.5 Å². The summed E-state index contributed by atoms with van der Waals surface area (Å²) in [6.45, 7) is 1.41. The van der Waals surface area contributed by atoms with Gasteiger partial charge in [0.1, 0.15) is 11.4 Å². The third-order valence-electron chi connectivity index (χ3n) is 4.99. The molecule has 2 heterocycles. The maximum Gasteiger partial charge on any atom is 0.416 e. The van der Waals surface area contributed by atoms with E-state index in [0.29, 0.717) is 10.7 Å². The smallest absolute Gasteiger partial charge is 0.371 e. The number of hydrogen-bond acceptors (Lipinski definition) is 7. The molecule has 2 aromatic carbocycles. The van der Waals surface area contributed by atoms with Crippen LogP contribution in [0.25, 0.3) is 22.8 Å². The lowest BCUT2D eigenvalue weighted by Crippen LogP contribution is -2.32.